The molecule has 3 N–H and O–H groups in total. The third-order valence-corrected chi connectivity index (χ3v) is 6.14. The summed E-state index contributed by atoms with van der Waals surface area (Å²) < 4.78 is 1.46. The van der Waals surface area contributed by atoms with Crippen molar-refractivity contribution in [2.75, 3.05) is 10.6 Å². The topological polar surface area (TPSA) is 124 Å². The number of carbonyl (C=O) groups is 1. The van der Waals surface area contributed by atoms with Gasteiger partial charge < -0.3 is 10.6 Å². The summed E-state index contributed by atoms with van der Waals surface area (Å²) in [7, 11) is 0. The number of hydrogen-bond donors (Lipinski definition) is 3. The van der Waals surface area contributed by atoms with E-state index in [0.717, 1.165) is 33.6 Å². The molecule has 1 aliphatic heterocycles. The van der Waals surface area contributed by atoms with Gasteiger partial charge >= 0.3 is 0 Å². The van der Waals surface area contributed by atoms with E-state index in [1.165, 1.54) is 4.57 Å². The van der Waals surface area contributed by atoms with Crippen molar-refractivity contribution in [3.8, 4) is 28.6 Å². The van der Waals surface area contributed by atoms with Gasteiger partial charge in [0.2, 0.25) is 0 Å². The van der Waals surface area contributed by atoms with E-state index in [1.54, 1.807) is 30.9 Å². The molecular weight excluding hydrogens is 452 g/mol. The molecular formula is C27H20N8O. The predicted octanol–water partition coefficient (Wildman–Crippen LogP) is 4.63. The smallest absolute Gasteiger partial charge is 0.253 e. The maximum Gasteiger partial charge on any atom is 0.253 e. The summed E-state index contributed by atoms with van der Waals surface area (Å²) in [6.07, 6.45) is 9.10. The zero-order chi connectivity index (χ0) is 24.5. The highest BCUT2D eigenvalue weighted by Gasteiger charge is 2.28. The van der Waals surface area contributed by atoms with Crippen molar-refractivity contribution in [2.45, 2.75) is 12.5 Å². The van der Waals surface area contributed by atoms with Gasteiger partial charge in [0.15, 0.2) is 5.82 Å². The summed E-state index contributed by atoms with van der Waals surface area (Å²) in [5.74, 6) is 1.16. The lowest BCUT2D eigenvalue weighted by Gasteiger charge is -2.11. The number of nitrogens with zero attached hydrogens (tertiary/aromatic N) is 5. The monoisotopic (exact) mass is 472 g/mol. The molecule has 0 radical (unpaired) electrons. The molecule has 1 atom stereocenters. The molecule has 3 aromatic heterocycles. The van der Waals surface area contributed by atoms with E-state index in [9.17, 15) is 4.79 Å². The average molecular weight is 473 g/mol. The number of fused-ring (bicyclic) bond motifs is 1. The number of benzene rings is 2. The standard InChI is InChI=1S/C27H20N8O/c28-13-17-8-10-35(16-17)27(36)24-11-19-1-2-20(12-23(19)33-24)26-29-9-7-25(34-26)32-22-5-3-18(4-6-22)21-14-30-31-15-21/h1-10,12,14-16,24,33H,11H2,(H,30,31)(H,29,32,34). The van der Waals surface area contributed by atoms with Gasteiger partial charge in [-0.2, -0.15) is 10.4 Å². The van der Waals surface area contributed by atoms with E-state index in [4.69, 9.17) is 5.26 Å². The second-order valence-electron chi connectivity index (χ2n) is 8.49. The normalized spacial score (nSPS) is 14.0. The lowest BCUT2D eigenvalue weighted by molar-refractivity contribution is 0.0891. The van der Waals surface area contributed by atoms with E-state index < -0.39 is 6.04 Å². The van der Waals surface area contributed by atoms with Gasteiger partial charge in [-0.25, -0.2) is 9.97 Å². The van der Waals surface area contributed by atoms with E-state index in [1.807, 2.05) is 60.8 Å². The molecule has 0 spiro atoms. The maximum absolute atomic E-state index is 12.9. The number of H-pyrrole nitrogens is 1. The van der Waals surface area contributed by atoms with Crippen LogP contribution in [0.5, 0.6) is 0 Å². The molecule has 0 saturated carbocycles. The Balaban J connectivity index is 1.18. The lowest BCUT2D eigenvalue weighted by atomic mass is 10.1. The third kappa shape index (κ3) is 4.08. The lowest BCUT2D eigenvalue weighted by Crippen LogP contribution is -2.31. The molecule has 0 saturated heterocycles. The molecule has 5 aromatic rings. The van der Waals surface area contributed by atoms with Gasteiger partial charge in [0.1, 0.15) is 17.9 Å². The fourth-order valence-electron chi connectivity index (χ4n) is 4.29. The zero-order valence-corrected chi connectivity index (χ0v) is 19.0. The summed E-state index contributed by atoms with van der Waals surface area (Å²) in [4.78, 5) is 22.0. The summed E-state index contributed by atoms with van der Waals surface area (Å²) in [5, 5.41) is 22.5. The number of aromatic amines is 1. The summed E-state index contributed by atoms with van der Waals surface area (Å²) in [5.41, 5.74) is 6.25. The predicted molar refractivity (Wildman–Crippen MR) is 136 cm³/mol. The highest BCUT2D eigenvalue weighted by molar-refractivity contribution is 5.90. The van der Waals surface area contributed by atoms with Crippen LogP contribution in [0.2, 0.25) is 0 Å². The van der Waals surface area contributed by atoms with E-state index >= 15 is 0 Å². The number of carbonyl (C=O) groups excluding carboxylic acids is 1. The molecule has 0 aliphatic carbocycles. The molecule has 0 bridgehead atoms. The van der Waals surface area contributed by atoms with Crippen LogP contribution < -0.4 is 10.6 Å². The molecule has 1 unspecified atom stereocenters. The Labute approximate surface area is 206 Å². The van der Waals surface area contributed by atoms with Gasteiger partial charge in [0, 0.05) is 53.7 Å². The van der Waals surface area contributed by atoms with Crippen LogP contribution in [0, 0.1) is 11.3 Å². The molecule has 4 heterocycles. The molecule has 174 valence electrons. The molecule has 36 heavy (non-hydrogen) atoms. The van der Waals surface area contributed by atoms with Crippen LogP contribution in [0.15, 0.2) is 85.6 Å². The van der Waals surface area contributed by atoms with E-state index in [0.29, 0.717) is 23.6 Å². The second kappa shape index (κ2) is 8.85. The number of hydrogen-bond acceptors (Lipinski definition) is 7. The van der Waals surface area contributed by atoms with Crippen LogP contribution in [0.25, 0.3) is 22.5 Å². The summed E-state index contributed by atoms with van der Waals surface area (Å²) in [6, 6.07) is 19.1. The molecule has 0 amide bonds. The van der Waals surface area contributed by atoms with E-state index in [-0.39, 0.29) is 5.91 Å². The Bertz CT molecular complexity index is 1600. The Morgan fingerprint density at radius 3 is 2.72 bits per heavy atom. The van der Waals surface area contributed by atoms with Crippen molar-refractivity contribution in [3.05, 3.63) is 96.7 Å². The molecule has 0 fully saturated rings. The van der Waals surface area contributed by atoms with Crippen molar-refractivity contribution in [3.63, 3.8) is 0 Å². The number of nitrogens with one attached hydrogen (secondary N) is 3. The van der Waals surface area contributed by atoms with Crippen LogP contribution in [0.1, 0.15) is 15.9 Å². The molecule has 9 heteroatoms. The van der Waals surface area contributed by atoms with Crippen molar-refractivity contribution < 1.29 is 4.79 Å². The largest absolute Gasteiger partial charge is 0.373 e. The first-order valence-electron chi connectivity index (χ1n) is 11.4. The second-order valence-corrected chi connectivity index (χ2v) is 8.49. The zero-order valence-electron chi connectivity index (χ0n) is 19.0. The fraction of sp³-hybridized carbons (Fsp3) is 0.0741. The number of nitriles is 1. The van der Waals surface area contributed by atoms with Crippen molar-refractivity contribution in [2.24, 2.45) is 0 Å². The van der Waals surface area contributed by atoms with Crippen LogP contribution >= 0.6 is 0 Å². The van der Waals surface area contributed by atoms with Gasteiger partial charge in [-0.05, 0) is 41.5 Å². The van der Waals surface area contributed by atoms with Crippen LogP contribution in [0.4, 0.5) is 17.2 Å². The third-order valence-electron chi connectivity index (χ3n) is 6.14. The van der Waals surface area contributed by atoms with Crippen LogP contribution in [0.3, 0.4) is 0 Å². The molecule has 2 aromatic carbocycles. The van der Waals surface area contributed by atoms with Gasteiger partial charge in [0.05, 0.1) is 11.8 Å². The first kappa shape index (κ1) is 21.3. The highest BCUT2D eigenvalue weighted by Crippen LogP contribution is 2.31. The van der Waals surface area contributed by atoms with Crippen LogP contribution in [-0.2, 0) is 6.42 Å². The van der Waals surface area contributed by atoms with Gasteiger partial charge in [-0.15, -0.1) is 0 Å². The maximum atomic E-state index is 12.9. The summed E-state index contributed by atoms with van der Waals surface area (Å²) >= 11 is 0. The van der Waals surface area contributed by atoms with Crippen molar-refractivity contribution in [1.29, 1.82) is 5.26 Å². The minimum absolute atomic E-state index is 0.101. The van der Waals surface area contributed by atoms with Crippen molar-refractivity contribution in [1.82, 2.24) is 24.7 Å². The quantitative estimate of drug-likeness (QED) is 0.341. The Morgan fingerprint density at radius 2 is 1.94 bits per heavy atom. The van der Waals surface area contributed by atoms with Crippen LogP contribution in [-0.4, -0.2) is 36.7 Å². The molecule has 9 nitrogen and oxygen atoms in total. The average Bonchev–Trinajstić information content (AvgIpc) is 3.69. The Hall–Kier alpha value is -5.23. The summed E-state index contributed by atoms with van der Waals surface area (Å²) in [6.45, 7) is 0. The number of aromatic nitrogens is 5. The van der Waals surface area contributed by atoms with Gasteiger partial charge in [-0.3, -0.25) is 14.5 Å². The highest BCUT2D eigenvalue weighted by atomic mass is 16.2. The Kier molecular flexibility index (Phi) is 5.24. The van der Waals surface area contributed by atoms with Gasteiger partial charge in [0.25, 0.3) is 5.91 Å². The Morgan fingerprint density at radius 1 is 1.08 bits per heavy atom. The van der Waals surface area contributed by atoms with Crippen molar-refractivity contribution >= 4 is 23.1 Å². The minimum atomic E-state index is -0.395. The van der Waals surface area contributed by atoms with Gasteiger partial charge in [-0.1, -0.05) is 24.3 Å². The minimum Gasteiger partial charge on any atom is -0.373 e. The SMILES string of the molecule is N#Cc1ccn(C(=O)C2Cc3ccc(-c4nccc(Nc5ccc(-c6cn[nH]c6)cc5)n4)cc3N2)c1. The number of anilines is 3. The van der Waals surface area contributed by atoms with E-state index in [2.05, 4.69) is 30.8 Å². The molecule has 1 aliphatic rings. The fourth-order valence-corrected chi connectivity index (χ4v) is 4.29. The first-order chi connectivity index (χ1) is 17.7. The first-order valence-corrected chi connectivity index (χ1v) is 11.4. The number of rotatable bonds is 5. The molecule has 6 rings (SSSR count).